The van der Waals surface area contributed by atoms with E-state index in [-0.39, 0.29) is 18.3 Å². The summed E-state index contributed by atoms with van der Waals surface area (Å²) in [5, 5.41) is 0. The molecule has 0 unspecified atom stereocenters. The lowest BCUT2D eigenvalue weighted by Crippen LogP contribution is -2.45. The van der Waals surface area contributed by atoms with Crippen LogP contribution in [0.5, 0.6) is 0 Å². The minimum Gasteiger partial charge on any atom is -0.382 e. The maximum atomic E-state index is 5.79. The highest BCUT2D eigenvalue weighted by Crippen LogP contribution is 2.35. The smallest absolute Gasteiger partial charge is 0.163 e. The molecule has 0 aliphatic carbocycles. The van der Waals surface area contributed by atoms with Gasteiger partial charge in [0.05, 0.1) is 12.7 Å². The van der Waals surface area contributed by atoms with Crippen LogP contribution in [-0.2, 0) is 18.9 Å². The van der Waals surface area contributed by atoms with Crippen LogP contribution in [0.2, 0.25) is 0 Å². The molecule has 2 fully saturated rings. The number of hydrogen-bond donors (Lipinski definition) is 0. The highest BCUT2D eigenvalue weighted by molar-refractivity contribution is 4.90. The van der Waals surface area contributed by atoms with E-state index in [4.69, 9.17) is 18.9 Å². The van der Waals surface area contributed by atoms with Crippen LogP contribution in [0.25, 0.3) is 0 Å². The standard InChI is InChI=1S/C10H18O4/c1-10(2)13-7-4-5-12-8(6-11-3)9(7)14-10/h7-9H,4-6H2,1-3H3/t7-,8-,9-/m1/s1. The molecule has 0 N–H and O–H groups in total. The third-order valence-corrected chi connectivity index (χ3v) is 2.65. The van der Waals surface area contributed by atoms with Gasteiger partial charge in [-0.05, 0) is 20.3 Å². The SMILES string of the molecule is COC[C@H]1OCC[C@H]2OC(C)(C)O[C@@H]12. The Labute approximate surface area is 84.5 Å². The molecule has 4 nitrogen and oxygen atoms in total. The summed E-state index contributed by atoms with van der Waals surface area (Å²) < 4.78 is 22.3. The summed E-state index contributed by atoms with van der Waals surface area (Å²) in [5.74, 6) is -0.477. The van der Waals surface area contributed by atoms with E-state index >= 15 is 0 Å². The fraction of sp³-hybridized carbons (Fsp3) is 1.00. The predicted octanol–water partition coefficient (Wildman–Crippen LogP) is 0.942. The van der Waals surface area contributed by atoms with Gasteiger partial charge in [-0.2, -0.15) is 0 Å². The Morgan fingerprint density at radius 3 is 2.86 bits per heavy atom. The molecule has 0 aromatic rings. The summed E-state index contributed by atoms with van der Waals surface area (Å²) in [6.45, 7) is 5.18. The molecule has 4 heteroatoms. The van der Waals surface area contributed by atoms with Crippen LogP contribution >= 0.6 is 0 Å². The first-order valence-corrected chi connectivity index (χ1v) is 5.08. The number of ether oxygens (including phenoxy) is 4. The van der Waals surface area contributed by atoms with Crippen molar-refractivity contribution in [3.05, 3.63) is 0 Å². The van der Waals surface area contributed by atoms with Crippen LogP contribution in [0.4, 0.5) is 0 Å². The lowest BCUT2D eigenvalue weighted by atomic mass is 10.0. The Kier molecular flexibility index (Phi) is 2.79. The van der Waals surface area contributed by atoms with Crippen molar-refractivity contribution in [1.82, 2.24) is 0 Å². The van der Waals surface area contributed by atoms with Gasteiger partial charge in [0, 0.05) is 13.7 Å². The van der Waals surface area contributed by atoms with Crippen LogP contribution in [0.3, 0.4) is 0 Å². The van der Waals surface area contributed by atoms with Crippen LogP contribution in [0.1, 0.15) is 20.3 Å². The maximum absolute atomic E-state index is 5.79. The van der Waals surface area contributed by atoms with Crippen molar-refractivity contribution in [3.8, 4) is 0 Å². The summed E-state index contributed by atoms with van der Waals surface area (Å²) in [5.41, 5.74) is 0. The predicted molar refractivity (Wildman–Crippen MR) is 50.1 cm³/mol. The Hall–Kier alpha value is -0.160. The molecule has 82 valence electrons. The van der Waals surface area contributed by atoms with Gasteiger partial charge in [-0.1, -0.05) is 0 Å². The van der Waals surface area contributed by atoms with Crippen molar-refractivity contribution >= 4 is 0 Å². The molecular formula is C10H18O4. The quantitative estimate of drug-likeness (QED) is 0.668. The molecule has 2 rings (SSSR count). The second kappa shape index (κ2) is 3.77. The van der Waals surface area contributed by atoms with Gasteiger partial charge in [0.1, 0.15) is 12.2 Å². The summed E-state index contributed by atoms with van der Waals surface area (Å²) in [6.07, 6.45) is 1.12. The van der Waals surface area contributed by atoms with Crippen LogP contribution in [0, 0.1) is 0 Å². The zero-order valence-electron chi connectivity index (χ0n) is 8.99. The number of rotatable bonds is 2. The first-order valence-electron chi connectivity index (χ1n) is 5.08. The van der Waals surface area contributed by atoms with Gasteiger partial charge in [-0.25, -0.2) is 0 Å². The van der Waals surface area contributed by atoms with E-state index in [2.05, 4.69) is 0 Å². The molecule has 0 bridgehead atoms. The topological polar surface area (TPSA) is 36.9 Å². The van der Waals surface area contributed by atoms with E-state index in [0.29, 0.717) is 6.61 Å². The average Bonchev–Trinajstić information content (AvgIpc) is 2.41. The monoisotopic (exact) mass is 202 g/mol. The second-order valence-corrected chi connectivity index (χ2v) is 4.29. The van der Waals surface area contributed by atoms with E-state index in [1.165, 1.54) is 0 Å². The zero-order chi connectivity index (χ0) is 10.2. The lowest BCUT2D eigenvalue weighted by molar-refractivity contribution is -0.158. The fourth-order valence-corrected chi connectivity index (χ4v) is 2.14. The van der Waals surface area contributed by atoms with Crippen molar-refractivity contribution < 1.29 is 18.9 Å². The molecule has 0 spiro atoms. The molecule has 0 aromatic heterocycles. The minimum absolute atomic E-state index is 0.0144. The van der Waals surface area contributed by atoms with E-state index in [9.17, 15) is 0 Å². The van der Waals surface area contributed by atoms with Crippen molar-refractivity contribution in [2.75, 3.05) is 20.3 Å². The van der Waals surface area contributed by atoms with Crippen molar-refractivity contribution in [2.45, 2.75) is 44.4 Å². The Morgan fingerprint density at radius 1 is 1.36 bits per heavy atom. The van der Waals surface area contributed by atoms with Crippen LogP contribution in [0.15, 0.2) is 0 Å². The molecule has 2 aliphatic rings. The molecule has 2 saturated heterocycles. The Bertz CT molecular complexity index is 202. The molecular weight excluding hydrogens is 184 g/mol. The number of methoxy groups -OCH3 is 1. The van der Waals surface area contributed by atoms with Crippen LogP contribution in [-0.4, -0.2) is 44.4 Å². The van der Waals surface area contributed by atoms with E-state index in [1.807, 2.05) is 13.8 Å². The summed E-state index contributed by atoms with van der Waals surface area (Å²) in [7, 11) is 1.67. The molecule has 0 radical (unpaired) electrons. The molecule has 0 saturated carbocycles. The van der Waals surface area contributed by atoms with E-state index < -0.39 is 5.79 Å². The summed E-state index contributed by atoms with van der Waals surface area (Å²) in [6, 6.07) is 0. The second-order valence-electron chi connectivity index (χ2n) is 4.29. The third-order valence-electron chi connectivity index (χ3n) is 2.65. The summed E-state index contributed by atoms with van der Waals surface area (Å²) >= 11 is 0. The van der Waals surface area contributed by atoms with Gasteiger partial charge >= 0.3 is 0 Å². The molecule has 0 amide bonds. The summed E-state index contributed by atoms with van der Waals surface area (Å²) in [4.78, 5) is 0. The van der Waals surface area contributed by atoms with E-state index in [1.54, 1.807) is 7.11 Å². The van der Waals surface area contributed by atoms with Gasteiger partial charge in [-0.15, -0.1) is 0 Å². The Morgan fingerprint density at radius 2 is 2.14 bits per heavy atom. The fourth-order valence-electron chi connectivity index (χ4n) is 2.14. The normalized spacial score (nSPS) is 40.9. The van der Waals surface area contributed by atoms with E-state index in [0.717, 1.165) is 13.0 Å². The molecule has 2 aliphatic heterocycles. The zero-order valence-corrected chi connectivity index (χ0v) is 8.99. The first-order chi connectivity index (χ1) is 6.62. The average molecular weight is 202 g/mol. The highest BCUT2D eigenvalue weighted by Gasteiger charge is 2.47. The van der Waals surface area contributed by atoms with Crippen molar-refractivity contribution in [3.63, 3.8) is 0 Å². The highest BCUT2D eigenvalue weighted by atomic mass is 16.8. The van der Waals surface area contributed by atoms with Gasteiger partial charge in [0.25, 0.3) is 0 Å². The van der Waals surface area contributed by atoms with Crippen LogP contribution < -0.4 is 0 Å². The molecule has 14 heavy (non-hydrogen) atoms. The van der Waals surface area contributed by atoms with Gasteiger partial charge in [0.2, 0.25) is 0 Å². The third kappa shape index (κ3) is 1.93. The molecule has 0 aromatic carbocycles. The van der Waals surface area contributed by atoms with Crippen molar-refractivity contribution in [1.29, 1.82) is 0 Å². The molecule has 3 atom stereocenters. The van der Waals surface area contributed by atoms with Gasteiger partial charge in [-0.3, -0.25) is 0 Å². The number of fused-ring (bicyclic) bond motifs is 1. The lowest BCUT2D eigenvalue weighted by Gasteiger charge is -2.30. The van der Waals surface area contributed by atoms with Gasteiger partial charge in [0.15, 0.2) is 5.79 Å². The first kappa shape index (κ1) is 10.4. The minimum atomic E-state index is -0.477. The van der Waals surface area contributed by atoms with Gasteiger partial charge < -0.3 is 18.9 Å². The number of hydrogen-bond acceptors (Lipinski definition) is 4. The maximum Gasteiger partial charge on any atom is 0.163 e. The Balaban J connectivity index is 2.03. The van der Waals surface area contributed by atoms with Crippen molar-refractivity contribution in [2.24, 2.45) is 0 Å². The largest absolute Gasteiger partial charge is 0.382 e. The molecule has 2 heterocycles.